The molecule has 0 aliphatic rings. The number of amides is 1. The first-order valence-corrected chi connectivity index (χ1v) is 8.82. The van der Waals surface area contributed by atoms with E-state index in [1.807, 2.05) is 37.3 Å². The van der Waals surface area contributed by atoms with Crippen molar-refractivity contribution in [2.75, 3.05) is 6.54 Å². The number of benzene rings is 2. The minimum absolute atomic E-state index is 0.0423. The number of nitrogens with one attached hydrogen (secondary N) is 1. The molecule has 3 aromatic rings. The lowest BCUT2D eigenvalue weighted by Gasteiger charge is -2.04. The summed E-state index contributed by atoms with van der Waals surface area (Å²) in [6, 6.07) is 18.4. The molecule has 3 nitrogen and oxygen atoms in total. The number of hydrogen-bond donors (Lipinski definition) is 1. The molecule has 1 heterocycles. The van der Waals surface area contributed by atoms with Crippen LogP contribution < -0.4 is 5.32 Å². The maximum absolute atomic E-state index is 12.4. The molecule has 0 aliphatic heterocycles. The van der Waals surface area contributed by atoms with Gasteiger partial charge in [0.05, 0.1) is 5.69 Å². The standard InChI is InChI=1S/C20H20N2OS/c1-14-8-10-17(11-9-14)20-22-15(2)18(24-20)19(23)21-13-12-16-6-4-3-5-7-16/h3-11H,12-13H2,1-2H3,(H,21,23). The lowest BCUT2D eigenvalue weighted by Crippen LogP contribution is -2.25. The van der Waals surface area contributed by atoms with Crippen molar-refractivity contribution >= 4 is 17.2 Å². The van der Waals surface area contributed by atoms with Gasteiger partial charge in [-0.25, -0.2) is 4.98 Å². The van der Waals surface area contributed by atoms with Crippen LogP contribution in [0.25, 0.3) is 10.6 Å². The maximum Gasteiger partial charge on any atom is 0.263 e. The van der Waals surface area contributed by atoms with Gasteiger partial charge in [0, 0.05) is 12.1 Å². The Morgan fingerprint density at radius 1 is 1.04 bits per heavy atom. The van der Waals surface area contributed by atoms with E-state index >= 15 is 0 Å². The van der Waals surface area contributed by atoms with Crippen LogP contribution in [0.4, 0.5) is 0 Å². The molecular weight excluding hydrogens is 316 g/mol. The van der Waals surface area contributed by atoms with Gasteiger partial charge in [0.25, 0.3) is 5.91 Å². The Balaban J connectivity index is 1.66. The van der Waals surface area contributed by atoms with E-state index in [4.69, 9.17) is 0 Å². The van der Waals surface area contributed by atoms with Crippen LogP contribution in [0.1, 0.15) is 26.5 Å². The van der Waals surface area contributed by atoms with Crippen molar-refractivity contribution in [1.82, 2.24) is 10.3 Å². The number of rotatable bonds is 5. The smallest absolute Gasteiger partial charge is 0.263 e. The zero-order valence-corrected chi connectivity index (χ0v) is 14.7. The van der Waals surface area contributed by atoms with E-state index in [1.54, 1.807) is 0 Å². The first kappa shape index (κ1) is 16.4. The number of carbonyl (C=O) groups is 1. The van der Waals surface area contributed by atoms with Crippen LogP contribution in [0.15, 0.2) is 54.6 Å². The summed E-state index contributed by atoms with van der Waals surface area (Å²) in [5, 5.41) is 3.88. The number of aryl methyl sites for hydroxylation is 2. The van der Waals surface area contributed by atoms with Gasteiger partial charge in [-0.1, -0.05) is 60.2 Å². The first-order chi connectivity index (χ1) is 11.6. The van der Waals surface area contributed by atoms with Crippen LogP contribution in [0, 0.1) is 13.8 Å². The fourth-order valence-corrected chi connectivity index (χ4v) is 3.46. The normalized spacial score (nSPS) is 10.6. The predicted octanol–water partition coefficient (Wildman–Crippen LogP) is 4.40. The van der Waals surface area contributed by atoms with E-state index in [1.165, 1.54) is 22.5 Å². The van der Waals surface area contributed by atoms with Gasteiger partial charge in [-0.15, -0.1) is 11.3 Å². The predicted molar refractivity (Wildman–Crippen MR) is 99.5 cm³/mol. The van der Waals surface area contributed by atoms with Crippen LogP contribution in [-0.2, 0) is 6.42 Å². The first-order valence-electron chi connectivity index (χ1n) is 8.00. The second-order valence-corrected chi connectivity index (χ2v) is 6.79. The Labute approximate surface area is 146 Å². The minimum atomic E-state index is -0.0423. The summed E-state index contributed by atoms with van der Waals surface area (Å²) < 4.78 is 0. The van der Waals surface area contributed by atoms with Gasteiger partial charge in [-0.05, 0) is 25.8 Å². The van der Waals surface area contributed by atoms with Gasteiger partial charge in [0.2, 0.25) is 0 Å². The number of hydrogen-bond acceptors (Lipinski definition) is 3. The van der Waals surface area contributed by atoms with Crippen molar-refractivity contribution in [2.45, 2.75) is 20.3 Å². The molecule has 1 N–H and O–H groups in total. The van der Waals surface area contributed by atoms with Gasteiger partial charge < -0.3 is 5.32 Å². The molecule has 3 rings (SSSR count). The molecular formula is C20H20N2OS. The quantitative estimate of drug-likeness (QED) is 0.750. The average Bonchev–Trinajstić information content (AvgIpc) is 2.98. The second kappa shape index (κ2) is 7.41. The maximum atomic E-state index is 12.4. The van der Waals surface area contributed by atoms with E-state index in [-0.39, 0.29) is 5.91 Å². The van der Waals surface area contributed by atoms with Gasteiger partial charge in [0.15, 0.2) is 0 Å². The summed E-state index contributed by atoms with van der Waals surface area (Å²) in [5.41, 5.74) is 4.27. The molecule has 0 radical (unpaired) electrons. The van der Waals surface area contributed by atoms with Crippen LogP contribution >= 0.6 is 11.3 Å². The fraction of sp³-hybridized carbons (Fsp3) is 0.200. The molecule has 2 aromatic carbocycles. The van der Waals surface area contributed by atoms with Crippen molar-refractivity contribution in [2.24, 2.45) is 0 Å². The molecule has 0 aliphatic carbocycles. The highest BCUT2D eigenvalue weighted by molar-refractivity contribution is 7.17. The summed E-state index contributed by atoms with van der Waals surface area (Å²) in [6.45, 7) is 4.57. The van der Waals surface area contributed by atoms with E-state index in [0.717, 1.165) is 22.7 Å². The van der Waals surface area contributed by atoms with E-state index in [2.05, 4.69) is 41.5 Å². The molecule has 0 fully saturated rings. The van der Waals surface area contributed by atoms with Crippen molar-refractivity contribution in [3.05, 3.63) is 76.3 Å². The highest BCUT2D eigenvalue weighted by atomic mass is 32.1. The third-order valence-corrected chi connectivity index (χ3v) is 5.05. The Bertz CT molecular complexity index is 823. The van der Waals surface area contributed by atoms with Crippen molar-refractivity contribution < 1.29 is 4.79 Å². The number of aromatic nitrogens is 1. The van der Waals surface area contributed by atoms with Gasteiger partial charge in [0.1, 0.15) is 9.88 Å². The van der Waals surface area contributed by atoms with Gasteiger partial charge in [-0.3, -0.25) is 4.79 Å². The Hall–Kier alpha value is -2.46. The summed E-state index contributed by atoms with van der Waals surface area (Å²) in [5.74, 6) is -0.0423. The Morgan fingerprint density at radius 3 is 2.46 bits per heavy atom. The third kappa shape index (κ3) is 3.89. The van der Waals surface area contributed by atoms with Gasteiger partial charge in [-0.2, -0.15) is 0 Å². The molecule has 0 unspecified atom stereocenters. The highest BCUT2D eigenvalue weighted by Crippen LogP contribution is 2.28. The number of thiazole rings is 1. The lowest BCUT2D eigenvalue weighted by molar-refractivity contribution is 0.0957. The molecule has 0 atom stereocenters. The highest BCUT2D eigenvalue weighted by Gasteiger charge is 2.15. The number of nitrogens with zero attached hydrogens (tertiary/aromatic N) is 1. The summed E-state index contributed by atoms with van der Waals surface area (Å²) >= 11 is 1.45. The van der Waals surface area contributed by atoms with Crippen molar-refractivity contribution in [1.29, 1.82) is 0 Å². The molecule has 0 saturated heterocycles. The lowest BCUT2D eigenvalue weighted by atomic mass is 10.1. The molecule has 0 bridgehead atoms. The van der Waals surface area contributed by atoms with Crippen molar-refractivity contribution in [3.8, 4) is 10.6 Å². The SMILES string of the molecule is Cc1ccc(-c2nc(C)c(C(=O)NCCc3ccccc3)s2)cc1. The summed E-state index contributed by atoms with van der Waals surface area (Å²) in [4.78, 5) is 17.7. The monoisotopic (exact) mass is 336 g/mol. The molecule has 0 saturated carbocycles. The second-order valence-electron chi connectivity index (χ2n) is 5.79. The topological polar surface area (TPSA) is 42.0 Å². The van der Waals surface area contributed by atoms with E-state index in [9.17, 15) is 4.79 Å². The van der Waals surface area contributed by atoms with Crippen LogP contribution in [0.3, 0.4) is 0 Å². The zero-order chi connectivity index (χ0) is 16.9. The Morgan fingerprint density at radius 2 is 1.75 bits per heavy atom. The molecule has 4 heteroatoms. The Kier molecular flexibility index (Phi) is 5.06. The minimum Gasteiger partial charge on any atom is -0.351 e. The molecule has 24 heavy (non-hydrogen) atoms. The van der Waals surface area contributed by atoms with E-state index < -0.39 is 0 Å². The molecule has 1 amide bonds. The molecule has 122 valence electrons. The van der Waals surface area contributed by atoms with E-state index in [0.29, 0.717) is 11.4 Å². The largest absolute Gasteiger partial charge is 0.351 e. The number of carbonyl (C=O) groups excluding carboxylic acids is 1. The fourth-order valence-electron chi connectivity index (χ4n) is 2.47. The summed E-state index contributed by atoms with van der Waals surface area (Å²) in [7, 11) is 0. The summed E-state index contributed by atoms with van der Waals surface area (Å²) in [6.07, 6.45) is 0.829. The average molecular weight is 336 g/mol. The van der Waals surface area contributed by atoms with Crippen molar-refractivity contribution in [3.63, 3.8) is 0 Å². The van der Waals surface area contributed by atoms with Crippen LogP contribution in [-0.4, -0.2) is 17.4 Å². The van der Waals surface area contributed by atoms with Crippen LogP contribution in [0.2, 0.25) is 0 Å². The zero-order valence-electron chi connectivity index (χ0n) is 13.9. The molecule has 0 spiro atoms. The van der Waals surface area contributed by atoms with Gasteiger partial charge >= 0.3 is 0 Å². The van der Waals surface area contributed by atoms with Crippen LogP contribution in [0.5, 0.6) is 0 Å². The molecule has 1 aromatic heterocycles. The third-order valence-electron chi connectivity index (χ3n) is 3.84.